The largest absolute Gasteiger partial charge is 0.329 e. The highest BCUT2D eigenvalue weighted by Crippen LogP contribution is 2.40. The second-order valence-corrected chi connectivity index (χ2v) is 8.10. The summed E-state index contributed by atoms with van der Waals surface area (Å²) in [7, 11) is 1.94. The van der Waals surface area contributed by atoms with Gasteiger partial charge in [0.25, 0.3) is 5.78 Å². The predicted octanol–water partition coefficient (Wildman–Crippen LogP) is 5.73. The quantitative estimate of drug-likeness (QED) is 0.380. The Morgan fingerprint density at radius 3 is 2.61 bits per heavy atom. The minimum atomic E-state index is -0.305. The van der Waals surface area contributed by atoms with Gasteiger partial charge in [-0.05, 0) is 65.8 Å². The van der Waals surface area contributed by atoms with Crippen molar-refractivity contribution in [2.75, 3.05) is 11.9 Å². The molecule has 5 aromatic rings. The Balaban J connectivity index is 1.44. The fourth-order valence-corrected chi connectivity index (χ4v) is 4.16. The number of rotatable bonds is 4. The molecule has 5 nitrogen and oxygen atoms in total. The number of aromatic nitrogens is 4. The van der Waals surface area contributed by atoms with Gasteiger partial charge in [0.2, 0.25) is 0 Å². The number of hydrogen-bond acceptors (Lipinski definition) is 4. The number of nitrogens with zero attached hydrogens (tertiary/aromatic N) is 5. The summed E-state index contributed by atoms with van der Waals surface area (Å²) in [5, 5.41) is 8.77. The second-order valence-electron chi connectivity index (χ2n) is 8.10. The molecule has 0 aliphatic heterocycles. The van der Waals surface area contributed by atoms with Crippen molar-refractivity contribution in [1.82, 2.24) is 19.6 Å². The summed E-state index contributed by atoms with van der Waals surface area (Å²) in [6, 6.07) is 21.8. The lowest BCUT2D eigenvalue weighted by molar-refractivity contribution is 0.629. The van der Waals surface area contributed by atoms with Gasteiger partial charge in [-0.3, -0.25) is 4.40 Å². The number of benzene rings is 3. The van der Waals surface area contributed by atoms with Crippen LogP contribution in [0.15, 0.2) is 73.1 Å². The second kappa shape index (κ2) is 6.87. The highest BCUT2D eigenvalue weighted by atomic mass is 19.1. The van der Waals surface area contributed by atoms with Crippen LogP contribution >= 0.6 is 0 Å². The van der Waals surface area contributed by atoms with Crippen LogP contribution in [0.1, 0.15) is 24.3 Å². The third-order valence-corrected chi connectivity index (χ3v) is 6.04. The van der Waals surface area contributed by atoms with Gasteiger partial charge in [-0.2, -0.15) is 4.98 Å². The molecule has 2 heterocycles. The lowest BCUT2D eigenvalue weighted by Gasteiger charge is -2.21. The Labute approximate surface area is 178 Å². The van der Waals surface area contributed by atoms with E-state index in [1.54, 1.807) is 16.8 Å². The normalized spacial score (nSPS) is 13.7. The van der Waals surface area contributed by atoms with Crippen LogP contribution in [0.4, 0.5) is 15.9 Å². The maximum atomic E-state index is 14.1. The first-order valence-corrected chi connectivity index (χ1v) is 10.4. The summed E-state index contributed by atoms with van der Waals surface area (Å²) in [6.45, 7) is 0. The average Bonchev–Trinajstić information content (AvgIpc) is 3.55. The van der Waals surface area contributed by atoms with Crippen LogP contribution in [0.5, 0.6) is 0 Å². The molecular weight excluding hydrogens is 389 g/mol. The summed E-state index contributed by atoms with van der Waals surface area (Å²) >= 11 is 0. The van der Waals surface area contributed by atoms with Crippen LogP contribution in [0.25, 0.3) is 27.8 Å². The molecule has 3 aromatic carbocycles. The molecule has 0 amide bonds. The van der Waals surface area contributed by atoms with Crippen LogP contribution in [0, 0.1) is 5.82 Å². The Morgan fingerprint density at radius 1 is 0.968 bits per heavy atom. The molecule has 0 bridgehead atoms. The molecule has 2 aromatic heterocycles. The molecule has 0 spiro atoms. The molecule has 1 saturated carbocycles. The fourth-order valence-electron chi connectivity index (χ4n) is 4.16. The van der Waals surface area contributed by atoms with E-state index in [-0.39, 0.29) is 5.82 Å². The van der Waals surface area contributed by atoms with E-state index in [1.165, 1.54) is 36.1 Å². The van der Waals surface area contributed by atoms with Crippen molar-refractivity contribution in [3.05, 3.63) is 84.4 Å². The summed E-state index contributed by atoms with van der Waals surface area (Å²) in [4.78, 5) is 6.64. The van der Waals surface area contributed by atoms with Gasteiger partial charge in [0.15, 0.2) is 0 Å². The average molecular weight is 409 g/mol. The summed E-state index contributed by atoms with van der Waals surface area (Å²) in [6.07, 6.45) is 4.20. The summed E-state index contributed by atoms with van der Waals surface area (Å²) in [5.41, 5.74) is 5.51. The Kier molecular flexibility index (Phi) is 3.99. The molecular formula is C25H20FN5. The van der Waals surface area contributed by atoms with Crippen LogP contribution in [-0.2, 0) is 0 Å². The lowest BCUT2D eigenvalue weighted by Crippen LogP contribution is -2.13. The third-order valence-electron chi connectivity index (χ3n) is 6.04. The molecule has 152 valence electrons. The molecule has 0 radical (unpaired) electrons. The van der Waals surface area contributed by atoms with E-state index < -0.39 is 0 Å². The van der Waals surface area contributed by atoms with E-state index in [0.717, 1.165) is 22.7 Å². The molecule has 0 unspecified atom stereocenters. The van der Waals surface area contributed by atoms with Gasteiger partial charge in [0.05, 0.1) is 5.52 Å². The van der Waals surface area contributed by atoms with Crippen molar-refractivity contribution in [1.29, 1.82) is 0 Å². The zero-order chi connectivity index (χ0) is 20.9. The van der Waals surface area contributed by atoms with Gasteiger partial charge < -0.3 is 4.90 Å². The highest BCUT2D eigenvalue weighted by Gasteiger charge is 2.23. The molecule has 1 aliphatic carbocycles. The van der Waals surface area contributed by atoms with Gasteiger partial charge in [0, 0.05) is 18.1 Å². The summed E-state index contributed by atoms with van der Waals surface area (Å²) < 4.78 is 15.9. The smallest absolute Gasteiger partial charge is 0.257 e. The van der Waals surface area contributed by atoms with E-state index >= 15 is 0 Å². The van der Waals surface area contributed by atoms with Crippen molar-refractivity contribution >= 4 is 28.2 Å². The molecule has 6 rings (SSSR count). The van der Waals surface area contributed by atoms with Crippen molar-refractivity contribution in [2.45, 2.75) is 18.8 Å². The molecule has 31 heavy (non-hydrogen) atoms. The zero-order valence-corrected chi connectivity index (χ0v) is 17.0. The summed E-state index contributed by atoms with van der Waals surface area (Å²) in [5.74, 6) is 1.56. The van der Waals surface area contributed by atoms with Crippen molar-refractivity contribution in [3.8, 4) is 11.1 Å². The third kappa shape index (κ3) is 3.11. The maximum Gasteiger partial charge on any atom is 0.257 e. The van der Waals surface area contributed by atoms with Crippen LogP contribution < -0.4 is 4.90 Å². The highest BCUT2D eigenvalue weighted by molar-refractivity contribution is 5.93. The Bertz CT molecular complexity index is 1420. The minimum Gasteiger partial charge on any atom is -0.329 e. The van der Waals surface area contributed by atoms with E-state index in [0.29, 0.717) is 17.0 Å². The molecule has 0 N–H and O–H groups in total. The first-order chi connectivity index (χ1) is 15.2. The lowest BCUT2D eigenvalue weighted by atomic mass is 10.0. The van der Waals surface area contributed by atoms with Crippen molar-refractivity contribution in [3.63, 3.8) is 0 Å². The molecule has 0 saturated heterocycles. The van der Waals surface area contributed by atoms with Crippen LogP contribution in [-0.4, -0.2) is 26.6 Å². The van der Waals surface area contributed by atoms with E-state index in [9.17, 15) is 4.39 Å². The molecule has 6 heteroatoms. The monoisotopic (exact) mass is 409 g/mol. The fraction of sp³-hybridized carbons (Fsp3) is 0.160. The number of anilines is 2. The minimum absolute atomic E-state index is 0.305. The van der Waals surface area contributed by atoms with Gasteiger partial charge in [-0.1, -0.05) is 36.4 Å². The van der Waals surface area contributed by atoms with E-state index in [2.05, 4.69) is 51.6 Å². The molecule has 0 atom stereocenters. The maximum absolute atomic E-state index is 14.1. The van der Waals surface area contributed by atoms with Gasteiger partial charge >= 0.3 is 0 Å². The van der Waals surface area contributed by atoms with Crippen molar-refractivity contribution < 1.29 is 4.39 Å². The van der Waals surface area contributed by atoms with Crippen molar-refractivity contribution in [2.24, 2.45) is 0 Å². The zero-order valence-electron chi connectivity index (χ0n) is 17.0. The van der Waals surface area contributed by atoms with Crippen LogP contribution in [0.2, 0.25) is 0 Å². The number of fused-ring (bicyclic) bond motifs is 3. The number of hydrogen-bond donors (Lipinski definition) is 0. The van der Waals surface area contributed by atoms with E-state index in [4.69, 9.17) is 0 Å². The molecule has 1 fully saturated rings. The van der Waals surface area contributed by atoms with Gasteiger partial charge in [0.1, 0.15) is 18.0 Å². The van der Waals surface area contributed by atoms with Gasteiger partial charge in [-0.15, -0.1) is 10.2 Å². The molecule has 1 aliphatic rings. The van der Waals surface area contributed by atoms with Gasteiger partial charge in [-0.25, -0.2) is 4.39 Å². The standard InChI is InChI=1S/C25H20FN5/c1-30(24-22-14-20(26)11-12-23(22)31-15-27-29-25(31)28-24)21-4-2-3-19(13-21)18-9-7-17(8-10-18)16-5-6-16/h2-4,7-16H,5-6H2,1H3. The first-order valence-electron chi connectivity index (χ1n) is 10.4. The Morgan fingerprint density at radius 2 is 1.81 bits per heavy atom. The topological polar surface area (TPSA) is 46.3 Å². The van der Waals surface area contributed by atoms with E-state index in [1.807, 2.05) is 24.1 Å². The first kappa shape index (κ1) is 18.0. The Hall–Kier alpha value is -3.80. The number of halogens is 1. The predicted molar refractivity (Wildman–Crippen MR) is 120 cm³/mol. The SMILES string of the molecule is CN(c1cccc(-c2ccc(C3CC3)cc2)c1)c1nc2nncn2c2ccc(F)cc12. The van der Waals surface area contributed by atoms with Crippen LogP contribution in [0.3, 0.4) is 0 Å².